The first-order valence-corrected chi connectivity index (χ1v) is 5.91. The molecular weight excluding hydrogens is 282 g/mol. The largest absolute Gasteiger partial charge is 0.455 e. The number of nitrogens with two attached hydrogens (primary N) is 1. The standard InChI is InChI=1S/C13H12BrNO2/c14-10-5-6-11(15)13(7-10)17-12-4-2-1-3-9(12)8-16/h1-7,16H,8,15H2. The van der Waals surface area contributed by atoms with E-state index in [1.807, 2.05) is 24.3 Å². The molecule has 0 aromatic heterocycles. The van der Waals surface area contributed by atoms with Gasteiger partial charge in [0.15, 0.2) is 5.75 Å². The molecule has 0 unspecified atom stereocenters. The van der Waals surface area contributed by atoms with Gasteiger partial charge in [-0.05, 0) is 24.3 Å². The second-order valence-corrected chi connectivity index (χ2v) is 4.47. The molecule has 0 heterocycles. The summed E-state index contributed by atoms with van der Waals surface area (Å²) in [6.07, 6.45) is 0. The molecule has 2 aromatic carbocycles. The number of para-hydroxylation sites is 1. The van der Waals surface area contributed by atoms with E-state index < -0.39 is 0 Å². The molecule has 2 rings (SSSR count). The smallest absolute Gasteiger partial charge is 0.151 e. The second-order valence-electron chi connectivity index (χ2n) is 3.55. The number of nitrogen functional groups attached to an aromatic ring is 1. The fourth-order valence-electron chi connectivity index (χ4n) is 1.45. The Balaban J connectivity index is 2.34. The van der Waals surface area contributed by atoms with Crippen LogP contribution in [0.25, 0.3) is 0 Å². The van der Waals surface area contributed by atoms with Crippen LogP contribution < -0.4 is 10.5 Å². The van der Waals surface area contributed by atoms with Gasteiger partial charge < -0.3 is 15.6 Å². The molecule has 0 aliphatic rings. The highest BCUT2D eigenvalue weighted by Gasteiger charge is 2.06. The Bertz CT molecular complexity index is 529. The van der Waals surface area contributed by atoms with E-state index in [2.05, 4.69) is 15.9 Å². The minimum Gasteiger partial charge on any atom is -0.455 e. The van der Waals surface area contributed by atoms with E-state index in [-0.39, 0.29) is 6.61 Å². The number of hydrogen-bond acceptors (Lipinski definition) is 3. The molecule has 0 fully saturated rings. The molecule has 3 nitrogen and oxygen atoms in total. The number of ether oxygens (including phenoxy) is 1. The van der Waals surface area contributed by atoms with Crippen molar-refractivity contribution >= 4 is 21.6 Å². The summed E-state index contributed by atoms with van der Waals surface area (Å²) in [4.78, 5) is 0. The molecule has 0 radical (unpaired) electrons. The van der Waals surface area contributed by atoms with Crippen molar-refractivity contribution in [1.82, 2.24) is 0 Å². The van der Waals surface area contributed by atoms with Gasteiger partial charge in [0, 0.05) is 10.0 Å². The molecule has 0 saturated carbocycles. The molecular formula is C13H12BrNO2. The van der Waals surface area contributed by atoms with Crippen LogP contribution in [0.4, 0.5) is 5.69 Å². The lowest BCUT2D eigenvalue weighted by atomic mass is 10.2. The number of anilines is 1. The number of hydrogen-bond donors (Lipinski definition) is 2. The monoisotopic (exact) mass is 293 g/mol. The second kappa shape index (κ2) is 5.21. The summed E-state index contributed by atoms with van der Waals surface area (Å²) in [5.74, 6) is 1.18. The van der Waals surface area contributed by atoms with E-state index >= 15 is 0 Å². The van der Waals surface area contributed by atoms with Crippen LogP contribution in [-0.2, 0) is 6.61 Å². The first-order chi connectivity index (χ1) is 8.20. The summed E-state index contributed by atoms with van der Waals surface area (Å²) in [5.41, 5.74) is 7.11. The van der Waals surface area contributed by atoms with Crippen LogP contribution in [-0.4, -0.2) is 5.11 Å². The predicted octanol–water partition coefficient (Wildman–Crippen LogP) is 3.32. The molecule has 2 aromatic rings. The van der Waals surface area contributed by atoms with E-state index in [0.717, 1.165) is 10.0 Å². The fraction of sp³-hybridized carbons (Fsp3) is 0.0769. The molecule has 3 N–H and O–H groups in total. The maximum Gasteiger partial charge on any atom is 0.151 e. The predicted molar refractivity (Wildman–Crippen MR) is 71.0 cm³/mol. The highest BCUT2D eigenvalue weighted by atomic mass is 79.9. The minimum absolute atomic E-state index is 0.0654. The van der Waals surface area contributed by atoms with Gasteiger partial charge in [-0.3, -0.25) is 0 Å². The minimum atomic E-state index is -0.0654. The van der Waals surface area contributed by atoms with Crippen molar-refractivity contribution in [2.24, 2.45) is 0 Å². The first-order valence-electron chi connectivity index (χ1n) is 5.12. The number of halogens is 1. The summed E-state index contributed by atoms with van der Waals surface area (Å²) in [6.45, 7) is -0.0654. The van der Waals surface area contributed by atoms with Crippen molar-refractivity contribution in [3.05, 3.63) is 52.5 Å². The average molecular weight is 294 g/mol. The van der Waals surface area contributed by atoms with Crippen LogP contribution in [0, 0.1) is 0 Å². The molecule has 0 atom stereocenters. The first kappa shape index (κ1) is 12.0. The van der Waals surface area contributed by atoms with Crippen LogP contribution in [0.3, 0.4) is 0 Å². The van der Waals surface area contributed by atoms with E-state index in [1.54, 1.807) is 18.2 Å². The number of benzene rings is 2. The highest BCUT2D eigenvalue weighted by molar-refractivity contribution is 9.10. The van der Waals surface area contributed by atoms with Crippen molar-refractivity contribution < 1.29 is 9.84 Å². The maximum atomic E-state index is 9.20. The lowest BCUT2D eigenvalue weighted by Crippen LogP contribution is -1.95. The zero-order valence-electron chi connectivity index (χ0n) is 9.06. The summed E-state index contributed by atoms with van der Waals surface area (Å²) in [6, 6.07) is 12.7. The molecule has 0 amide bonds. The molecule has 88 valence electrons. The van der Waals surface area contributed by atoms with Crippen LogP contribution in [0.2, 0.25) is 0 Å². The number of aliphatic hydroxyl groups excluding tert-OH is 1. The average Bonchev–Trinajstić information content (AvgIpc) is 2.34. The lowest BCUT2D eigenvalue weighted by molar-refractivity contribution is 0.276. The van der Waals surface area contributed by atoms with Gasteiger partial charge >= 0.3 is 0 Å². The summed E-state index contributed by atoms with van der Waals surface area (Å²) < 4.78 is 6.59. The topological polar surface area (TPSA) is 55.5 Å². The van der Waals surface area contributed by atoms with Gasteiger partial charge in [0.05, 0.1) is 12.3 Å². The van der Waals surface area contributed by atoms with Gasteiger partial charge in [-0.15, -0.1) is 0 Å². The van der Waals surface area contributed by atoms with Crippen molar-refractivity contribution in [2.45, 2.75) is 6.61 Å². The molecule has 0 spiro atoms. The molecule has 17 heavy (non-hydrogen) atoms. The van der Waals surface area contributed by atoms with E-state index in [4.69, 9.17) is 10.5 Å². The van der Waals surface area contributed by atoms with Crippen LogP contribution in [0.1, 0.15) is 5.56 Å². The van der Waals surface area contributed by atoms with Gasteiger partial charge in [-0.2, -0.15) is 0 Å². The van der Waals surface area contributed by atoms with Crippen molar-refractivity contribution in [3.63, 3.8) is 0 Å². The summed E-state index contributed by atoms with van der Waals surface area (Å²) in [7, 11) is 0. The Labute approximate surface area is 108 Å². The Kier molecular flexibility index (Phi) is 3.66. The number of rotatable bonds is 3. The quantitative estimate of drug-likeness (QED) is 0.854. The Morgan fingerprint density at radius 1 is 1.12 bits per heavy atom. The van der Waals surface area contributed by atoms with Gasteiger partial charge in [-0.25, -0.2) is 0 Å². The fourth-order valence-corrected chi connectivity index (χ4v) is 1.79. The van der Waals surface area contributed by atoms with Crippen LogP contribution >= 0.6 is 15.9 Å². The van der Waals surface area contributed by atoms with E-state index in [0.29, 0.717) is 17.2 Å². The van der Waals surface area contributed by atoms with Gasteiger partial charge in [-0.1, -0.05) is 34.1 Å². The summed E-state index contributed by atoms with van der Waals surface area (Å²) in [5, 5.41) is 9.20. The van der Waals surface area contributed by atoms with Crippen LogP contribution in [0.15, 0.2) is 46.9 Å². The third-order valence-electron chi connectivity index (χ3n) is 2.34. The third-order valence-corrected chi connectivity index (χ3v) is 2.83. The Morgan fingerprint density at radius 3 is 2.65 bits per heavy atom. The summed E-state index contributed by atoms with van der Waals surface area (Å²) >= 11 is 3.36. The number of aliphatic hydroxyl groups is 1. The Hall–Kier alpha value is -1.52. The molecule has 0 bridgehead atoms. The van der Waals surface area contributed by atoms with Gasteiger partial charge in [0.25, 0.3) is 0 Å². The van der Waals surface area contributed by atoms with Crippen molar-refractivity contribution in [2.75, 3.05) is 5.73 Å². The molecule has 0 saturated heterocycles. The Morgan fingerprint density at radius 2 is 1.88 bits per heavy atom. The SMILES string of the molecule is Nc1ccc(Br)cc1Oc1ccccc1CO. The zero-order valence-corrected chi connectivity index (χ0v) is 10.6. The van der Waals surface area contributed by atoms with Gasteiger partial charge in [0.2, 0.25) is 0 Å². The zero-order chi connectivity index (χ0) is 12.3. The van der Waals surface area contributed by atoms with Gasteiger partial charge in [0.1, 0.15) is 5.75 Å². The lowest BCUT2D eigenvalue weighted by Gasteiger charge is -2.11. The third kappa shape index (κ3) is 2.78. The molecule has 0 aliphatic heterocycles. The molecule has 4 heteroatoms. The highest BCUT2D eigenvalue weighted by Crippen LogP contribution is 2.31. The van der Waals surface area contributed by atoms with Crippen molar-refractivity contribution in [1.29, 1.82) is 0 Å². The maximum absolute atomic E-state index is 9.20. The van der Waals surface area contributed by atoms with E-state index in [1.165, 1.54) is 0 Å². The van der Waals surface area contributed by atoms with Crippen LogP contribution in [0.5, 0.6) is 11.5 Å². The van der Waals surface area contributed by atoms with Crippen molar-refractivity contribution in [3.8, 4) is 11.5 Å². The van der Waals surface area contributed by atoms with E-state index in [9.17, 15) is 5.11 Å². The molecule has 0 aliphatic carbocycles. The normalized spacial score (nSPS) is 10.2.